The van der Waals surface area contributed by atoms with Crippen LogP contribution in [0.3, 0.4) is 0 Å². The van der Waals surface area contributed by atoms with E-state index in [4.69, 9.17) is 14.5 Å². The first-order chi connectivity index (χ1) is 14.1. The van der Waals surface area contributed by atoms with E-state index in [9.17, 15) is 0 Å². The highest BCUT2D eigenvalue weighted by atomic mass is 16.5. The van der Waals surface area contributed by atoms with E-state index >= 15 is 0 Å². The normalized spacial score (nSPS) is 14.2. The van der Waals surface area contributed by atoms with Gasteiger partial charge in [-0.3, -0.25) is 4.98 Å². The quantitative estimate of drug-likeness (QED) is 0.526. The lowest BCUT2D eigenvalue weighted by Crippen LogP contribution is -2.25. The fourth-order valence-corrected chi connectivity index (χ4v) is 4.00. The highest BCUT2D eigenvalue weighted by Crippen LogP contribution is 2.34. The van der Waals surface area contributed by atoms with Crippen LogP contribution in [0.5, 0.6) is 5.75 Å². The molecule has 0 aliphatic carbocycles. The van der Waals surface area contributed by atoms with Crippen molar-refractivity contribution in [3.8, 4) is 5.75 Å². The largest absolute Gasteiger partial charge is 0.491 e. The second kappa shape index (κ2) is 10.7. The zero-order valence-corrected chi connectivity index (χ0v) is 18.5. The number of rotatable bonds is 11. The smallest absolute Gasteiger partial charge is 0.146 e. The van der Waals surface area contributed by atoms with E-state index in [1.165, 1.54) is 29.7 Å². The van der Waals surface area contributed by atoms with Gasteiger partial charge in [-0.25, -0.2) is 0 Å². The van der Waals surface area contributed by atoms with Crippen LogP contribution in [0.25, 0.3) is 0 Å². The first kappa shape index (κ1) is 21.8. The van der Waals surface area contributed by atoms with Gasteiger partial charge in [0.2, 0.25) is 0 Å². The Kier molecular flexibility index (Phi) is 8.08. The van der Waals surface area contributed by atoms with Crippen molar-refractivity contribution in [2.24, 2.45) is 5.92 Å². The molecule has 29 heavy (non-hydrogen) atoms. The summed E-state index contributed by atoms with van der Waals surface area (Å²) in [6.07, 6.45) is 3.14. The van der Waals surface area contributed by atoms with E-state index < -0.39 is 0 Å². The van der Waals surface area contributed by atoms with Crippen molar-refractivity contribution in [2.45, 2.75) is 60.2 Å². The molecule has 2 heterocycles. The van der Waals surface area contributed by atoms with Gasteiger partial charge in [0.1, 0.15) is 5.75 Å². The predicted molar refractivity (Wildman–Crippen MR) is 118 cm³/mol. The number of hydrogen-bond acceptors (Lipinski definition) is 4. The minimum atomic E-state index is 0.632. The first-order valence-electron chi connectivity index (χ1n) is 11.1. The molecule has 0 N–H and O–H groups in total. The standard InChI is InChI=1S/C25H36N2O2/c1-5-27(6-2)14-12-19(3)13-15-29-25-20(4)26-24(22-17-28-18-23(22)25)16-21-10-8-7-9-11-21/h7-11,19H,5-6,12-18H2,1-4H3. The van der Waals surface area contributed by atoms with E-state index in [2.05, 4.69) is 62.9 Å². The SMILES string of the molecule is CCN(CC)CCC(C)CCOc1c(C)nc(Cc2ccccc2)c2c1COC2. The van der Waals surface area contributed by atoms with E-state index in [0.29, 0.717) is 19.1 Å². The average molecular weight is 397 g/mol. The topological polar surface area (TPSA) is 34.6 Å². The van der Waals surface area contributed by atoms with Gasteiger partial charge in [-0.05, 0) is 50.9 Å². The fraction of sp³-hybridized carbons (Fsp3) is 0.560. The molecule has 3 rings (SSSR count). The zero-order chi connectivity index (χ0) is 20.6. The molecule has 1 atom stereocenters. The van der Waals surface area contributed by atoms with Gasteiger partial charge in [-0.2, -0.15) is 0 Å². The molecule has 0 radical (unpaired) electrons. The molecule has 4 nitrogen and oxygen atoms in total. The van der Waals surface area contributed by atoms with E-state index in [-0.39, 0.29) is 0 Å². The summed E-state index contributed by atoms with van der Waals surface area (Å²) in [7, 11) is 0. The molecule has 1 aliphatic rings. The number of hydrogen-bond donors (Lipinski definition) is 0. The lowest BCUT2D eigenvalue weighted by Gasteiger charge is -2.21. The van der Waals surface area contributed by atoms with Gasteiger partial charge in [-0.15, -0.1) is 0 Å². The van der Waals surface area contributed by atoms with E-state index in [1.54, 1.807) is 0 Å². The number of ether oxygens (including phenoxy) is 2. The van der Waals surface area contributed by atoms with Crippen LogP contribution in [0.15, 0.2) is 30.3 Å². The molecule has 0 bridgehead atoms. The minimum absolute atomic E-state index is 0.632. The molecule has 0 amide bonds. The molecule has 1 aromatic carbocycles. The molecule has 1 aromatic heterocycles. The van der Waals surface area contributed by atoms with Crippen molar-refractivity contribution >= 4 is 0 Å². The Morgan fingerprint density at radius 1 is 1.07 bits per heavy atom. The van der Waals surface area contributed by atoms with Crippen molar-refractivity contribution in [3.05, 3.63) is 58.4 Å². The van der Waals surface area contributed by atoms with Crippen LogP contribution in [0.4, 0.5) is 0 Å². The van der Waals surface area contributed by atoms with Gasteiger partial charge in [0, 0.05) is 17.5 Å². The summed E-state index contributed by atoms with van der Waals surface area (Å²) in [4.78, 5) is 7.40. The summed E-state index contributed by atoms with van der Waals surface area (Å²) in [6, 6.07) is 10.5. The van der Waals surface area contributed by atoms with Crippen LogP contribution >= 0.6 is 0 Å². The third kappa shape index (κ3) is 5.80. The fourth-order valence-electron chi connectivity index (χ4n) is 4.00. The van der Waals surface area contributed by atoms with Gasteiger partial charge in [0.25, 0.3) is 0 Å². The van der Waals surface area contributed by atoms with Gasteiger partial charge >= 0.3 is 0 Å². The Labute approximate surface area is 176 Å². The Morgan fingerprint density at radius 3 is 2.52 bits per heavy atom. The summed E-state index contributed by atoms with van der Waals surface area (Å²) >= 11 is 0. The number of fused-ring (bicyclic) bond motifs is 1. The number of aromatic nitrogens is 1. The maximum Gasteiger partial charge on any atom is 0.146 e. The number of aryl methyl sites for hydroxylation is 1. The molecule has 4 heteroatoms. The van der Waals surface area contributed by atoms with Crippen molar-refractivity contribution < 1.29 is 9.47 Å². The third-order valence-electron chi connectivity index (χ3n) is 6.01. The average Bonchev–Trinajstić information content (AvgIpc) is 3.22. The molecular weight excluding hydrogens is 360 g/mol. The van der Waals surface area contributed by atoms with Crippen LogP contribution in [0, 0.1) is 12.8 Å². The molecule has 0 spiro atoms. The molecule has 2 aromatic rings. The minimum Gasteiger partial charge on any atom is -0.491 e. The molecular formula is C25H36N2O2. The Balaban J connectivity index is 1.61. The van der Waals surface area contributed by atoms with Crippen molar-refractivity contribution in [1.29, 1.82) is 0 Å². The Hall–Kier alpha value is -1.91. The molecule has 158 valence electrons. The van der Waals surface area contributed by atoms with Crippen LogP contribution in [0.2, 0.25) is 0 Å². The highest BCUT2D eigenvalue weighted by molar-refractivity contribution is 5.47. The van der Waals surface area contributed by atoms with Crippen LogP contribution in [-0.4, -0.2) is 36.1 Å². The monoisotopic (exact) mass is 396 g/mol. The Bertz CT molecular complexity index is 772. The summed E-state index contributed by atoms with van der Waals surface area (Å²) in [5.74, 6) is 1.61. The number of nitrogens with zero attached hydrogens (tertiary/aromatic N) is 2. The summed E-state index contributed by atoms with van der Waals surface area (Å²) in [5.41, 5.74) is 5.82. The van der Waals surface area contributed by atoms with Crippen molar-refractivity contribution in [2.75, 3.05) is 26.2 Å². The molecule has 1 unspecified atom stereocenters. The first-order valence-corrected chi connectivity index (χ1v) is 11.1. The van der Waals surface area contributed by atoms with Crippen molar-refractivity contribution in [1.82, 2.24) is 9.88 Å². The highest BCUT2D eigenvalue weighted by Gasteiger charge is 2.24. The molecule has 1 aliphatic heterocycles. The number of pyridine rings is 1. The maximum absolute atomic E-state index is 6.26. The van der Waals surface area contributed by atoms with E-state index in [1.807, 2.05) is 0 Å². The summed E-state index contributed by atoms with van der Waals surface area (Å²) in [5, 5.41) is 0. The maximum atomic E-state index is 6.26. The van der Waals surface area contributed by atoms with Gasteiger partial charge in [-0.1, -0.05) is 51.1 Å². The van der Waals surface area contributed by atoms with Gasteiger partial charge in [0.05, 0.1) is 31.2 Å². The van der Waals surface area contributed by atoms with Crippen LogP contribution in [-0.2, 0) is 24.4 Å². The molecule has 0 fully saturated rings. The lowest BCUT2D eigenvalue weighted by atomic mass is 10.0. The second-order valence-electron chi connectivity index (χ2n) is 8.14. The zero-order valence-electron chi connectivity index (χ0n) is 18.5. The molecule has 0 saturated carbocycles. The lowest BCUT2D eigenvalue weighted by molar-refractivity contribution is 0.132. The van der Waals surface area contributed by atoms with Gasteiger partial charge in [0.15, 0.2) is 0 Å². The number of benzene rings is 1. The summed E-state index contributed by atoms with van der Waals surface area (Å²) in [6.45, 7) is 14.3. The van der Waals surface area contributed by atoms with Crippen molar-refractivity contribution in [3.63, 3.8) is 0 Å². The molecule has 0 saturated heterocycles. The summed E-state index contributed by atoms with van der Waals surface area (Å²) < 4.78 is 12.0. The second-order valence-corrected chi connectivity index (χ2v) is 8.14. The Morgan fingerprint density at radius 2 is 1.79 bits per heavy atom. The van der Waals surface area contributed by atoms with Crippen LogP contribution < -0.4 is 4.74 Å². The third-order valence-corrected chi connectivity index (χ3v) is 6.01. The van der Waals surface area contributed by atoms with E-state index in [0.717, 1.165) is 49.7 Å². The van der Waals surface area contributed by atoms with Gasteiger partial charge < -0.3 is 14.4 Å². The predicted octanol–water partition coefficient (Wildman–Crippen LogP) is 5.15. The van der Waals surface area contributed by atoms with Crippen LogP contribution in [0.1, 0.15) is 61.7 Å².